The zero-order valence-corrected chi connectivity index (χ0v) is 23.6. The number of hydrogen-bond donors (Lipinski definition) is 0. The maximum absolute atomic E-state index is 12.4. The second-order valence-corrected chi connectivity index (χ2v) is 11.6. The molecular weight excluding hydrogens is 549 g/mol. The van der Waals surface area contributed by atoms with Gasteiger partial charge in [0.2, 0.25) is 0 Å². The molecule has 5 rings (SSSR count). The molecule has 0 spiro atoms. The van der Waals surface area contributed by atoms with Gasteiger partial charge in [-0.15, -0.1) is 22.7 Å². The Kier molecular flexibility index (Phi) is 8.82. The monoisotopic (exact) mass is 580 g/mol. The van der Waals surface area contributed by atoms with Gasteiger partial charge in [0.15, 0.2) is 5.82 Å². The Morgan fingerprint density at radius 1 is 0.951 bits per heavy atom. The number of aromatic nitrogens is 3. The van der Waals surface area contributed by atoms with Crippen LogP contribution >= 0.6 is 0 Å². The Hall–Kier alpha value is -3.99. The summed E-state index contributed by atoms with van der Waals surface area (Å²) in [5.74, 6) is 1.63. The first kappa shape index (κ1) is 28.5. The Balaban J connectivity index is 1.28. The lowest BCUT2D eigenvalue weighted by Gasteiger charge is -2.27. The number of rotatable bonds is 7. The number of para-hydroxylation sites is 1. The highest BCUT2D eigenvalue weighted by molar-refractivity contribution is 7.88. The van der Waals surface area contributed by atoms with Crippen LogP contribution in [-0.4, -0.2) is 39.6 Å². The van der Waals surface area contributed by atoms with Crippen molar-refractivity contribution in [2.75, 3.05) is 16.6 Å². The highest BCUT2D eigenvalue weighted by atomic mass is 32.2. The van der Waals surface area contributed by atoms with Crippen LogP contribution in [0.25, 0.3) is 17.1 Å². The van der Waals surface area contributed by atoms with E-state index in [-0.39, 0.29) is 16.6 Å². The smallest absolute Gasteiger partial charge is 0.406 e. The van der Waals surface area contributed by atoms with Gasteiger partial charge in [0.05, 0.1) is 17.6 Å². The summed E-state index contributed by atoms with van der Waals surface area (Å²) < 4.78 is 49.8. The number of benzene rings is 3. The van der Waals surface area contributed by atoms with Crippen molar-refractivity contribution in [1.29, 1.82) is 0 Å². The standard InChI is InChI=1S/C30H31F3N6OS/c1-22(2)27-8-4-5-9-28(27)39-18-6-3-7-19-41(39)37-35-20-23-10-12-24(13-11-23)29-34-21-38(36-29)25-14-16-26(17-15-25)40-30(31,32)33/h4-5,8-17,20-22H,3,6-7,18-19H2,1-2H3/b35-20-. The summed E-state index contributed by atoms with van der Waals surface area (Å²) in [5, 5.41) is 8.95. The number of anilines is 1. The Labute approximate surface area is 239 Å². The Bertz CT molecular complexity index is 1510. The van der Waals surface area contributed by atoms with E-state index in [1.165, 1.54) is 52.9 Å². The summed E-state index contributed by atoms with van der Waals surface area (Å²) in [4.78, 5) is 4.35. The second kappa shape index (κ2) is 12.7. The van der Waals surface area contributed by atoms with E-state index in [0.29, 0.717) is 17.4 Å². The van der Waals surface area contributed by atoms with E-state index in [9.17, 15) is 13.2 Å². The minimum absolute atomic E-state index is 0.293. The fourth-order valence-electron chi connectivity index (χ4n) is 4.58. The molecule has 1 aliphatic heterocycles. The molecule has 3 aromatic carbocycles. The van der Waals surface area contributed by atoms with Gasteiger partial charge >= 0.3 is 6.36 Å². The van der Waals surface area contributed by atoms with Crippen LogP contribution in [0, 0.1) is 0 Å². The molecule has 1 unspecified atom stereocenters. The molecule has 7 nitrogen and oxygen atoms in total. The lowest BCUT2D eigenvalue weighted by molar-refractivity contribution is -0.274. The van der Waals surface area contributed by atoms with E-state index in [4.69, 9.17) is 4.47 Å². The Morgan fingerprint density at radius 3 is 2.44 bits per heavy atom. The molecule has 2 heterocycles. The van der Waals surface area contributed by atoms with Gasteiger partial charge in [0, 0.05) is 28.7 Å². The minimum Gasteiger partial charge on any atom is -0.406 e. The van der Waals surface area contributed by atoms with E-state index in [1.807, 2.05) is 24.3 Å². The predicted molar refractivity (Wildman–Crippen MR) is 157 cm³/mol. The van der Waals surface area contributed by atoms with Crippen LogP contribution in [0.15, 0.2) is 88.7 Å². The van der Waals surface area contributed by atoms with Crippen molar-refractivity contribution in [2.45, 2.75) is 45.4 Å². The van der Waals surface area contributed by atoms with Crippen LogP contribution in [0.2, 0.25) is 0 Å². The highest BCUT2D eigenvalue weighted by Gasteiger charge is 2.31. The van der Waals surface area contributed by atoms with Crippen LogP contribution in [0.3, 0.4) is 0 Å². The van der Waals surface area contributed by atoms with Gasteiger partial charge in [-0.25, -0.2) is 9.67 Å². The zero-order chi connectivity index (χ0) is 28.8. The number of nitrogens with zero attached hydrogens (tertiary/aromatic N) is 6. The SMILES string of the molecule is CC(C)c1ccccc1N1CCCCC/S1=N/N=C\c1ccc(-c2ncn(-c3ccc(OC(F)(F)F)cc3)n2)cc1. The van der Waals surface area contributed by atoms with E-state index >= 15 is 0 Å². The van der Waals surface area contributed by atoms with E-state index in [1.54, 1.807) is 6.21 Å². The molecule has 41 heavy (non-hydrogen) atoms. The van der Waals surface area contributed by atoms with Gasteiger partial charge in [0.1, 0.15) is 12.1 Å². The summed E-state index contributed by atoms with van der Waals surface area (Å²) in [6, 6.07) is 21.7. The average molecular weight is 581 g/mol. The maximum atomic E-state index is 12.4. The molecule has 0 bridgehead atoms. The first-order valence-corrected chi connectivity index (χ1v) is 14.8. The molecule has 0 saturated carbocycles. The third-order valence-electron chi connectivity index (χ3n) is 6.61. The predicted octanol–water partition coefficient (Wildman–Crippen LogP) is 7.70. The Morgan fingerprint density at radius 2 is 1.71 bits per heavy atom. The van der Waals surface area contributed by atoms with Gasteiger partial charge < -0.3 is 9.04 Å². The topological polar surface area (TPSA) is 67.9 Å². The number of halogens is 3. The number of alkyl halides is 3. The number of hydrogen-bond acceptors (Lipinski definition) is 4. The van der Waals surface area contributed by atoms with Gasteiger partial charge in [0.25, 0.3) is 0 Å². The van der Waals surface area contributed by atoms with Gasteiger partial charge in [-0.1, -0.05) is 62.7 Å². The summed E-state index contributed by atoms with van der Waals surface area (Å²) in [7, 11) is -0.333. The lowest BCUT2D eigenvalue weighted by atomic mass is 10.0. The molecule has 1 aromatic heterocycles. The summed E-state index contributed by atoms with van der Waals surface area (Å²) >= 11 is 0. The first-order valence-electron chi connectivity index (χ1n) is 13.5. The summed E-state index contributed by atoms with van der Waals surface area (Å²) in [6.07, 6.45) is 2.04. The fourth-order valence-corrected chi connectivity index (χ4v) is 6.33. The van der Waals surface area contributed by atoms with Crippen molar-refractivity contribution in [3.63, 3.8) is 0 Å². The zero-order valence-electron chi connectivity index (χ0n) is 22.8. The molecule has 1 atom stereocenters. The van der Waals surface area contributed by atoms with E-state index < -0.39 is 6.36 Å². The molecule has 4 aromatic rings. The largest absolute Gasteiger partial charge is 0.573 e. The van der Waals surface area contributed by atoms with Crippen LogP contribution in [0.4, 0.5) is 18.9 Å². The molecular formula is C30H31F3N6OS. The molecule has 1 aliphatic rings. The van der Waals surface area contributed by atoms with Crippen molar-refractivity contribution in [3.05, 3.63) is 90.3 Å². The van der Waals surface area contributed by atoms with Crippen molar-refractivity contribution in [1.82, 2.24) is 14.8 Å². The highest BCUT2D eigenvalue weighted by Crippen LogP contribution is 2.31. The molecule has 1 fully saturated rings. The third-order valence-corrected chi connectivity index (χ3v) is 8.44. The molecule has 214 valence electrons. The fraction of sp³-hybridized carbons (Fsp3) is 0.300. The molecule has 1 saturated heterocycles. The molecule has 11 heteroatoms. The molecule has 0 radical (unpaired) electrons. The third kappa shape index (κ3) is 7.40. The second-order valence-electron chi connectivity index (χ2n) is 9.92. The van der Waals surface area contributed by atoms with Crippen LogP contribution in [0.5, 0.6) is 5.75 Å². The quantitative estimate of drug-likeness (QED) is 0.166. The lowest BCUT2D eigenvalue weighted by Crippen LogP contribution is -2.27. The van der Waals surface area contributed by atoms with Crippen LogP contribution < -0.4 is 9.04 Å². The first-order chi connectivity index (χ1) is 19.8. The van der Waals surface area contributed by atoms with Gasteiger partial charge in [-0.3, -0.25) is 0 Å². The number of ether oxygens (including phenoxy) is 1. The van der Waals surface area contributed by atoms with Gasteiger partial charge in [-0.05, 0) is 60.2 Å². The van der Waals surface area contributed by atoms with Crippen molar-refractivity contribution >= 4 is 22.8 Å². The van der Waals surface area contributed by atoms with Gasteiger partial charge in [-0.2, -0.15) is 5.10 Å². The summed E-state index contributed by atoms with van der Waals surface area (Å²) in [6.45, 7) is 5.43. The summed E-state index contributed by atoms with van der Waals surface area (Å²) in [5.41, 5.74) is 4.87. The van der Waals surface area contributed by atoms with Crippen molar-refractivity contribution < 1.29 is 17.9 Å². The molecule has 0 aliphatic carbocycles. The minimum atomic E-state index is -4.73. The molecule has 0 N–H and O–H groups in total. The van der Waals surface area contributed by atoms with Crippen molar-refractivity contribution in [2.24, 2.45) is 9.57 Å². The normalized spacial score (nSPS) is 16.4. The van der Waals surface area contributed by atoms with E-state index in [2.05, 4.69) is 62.3 Å². The van der Waals surface area contributed by atoms with Crippen molar-refractivity contribution in [3.8, 4) is 22.8 Å². The molecule has 0 amide bonds. The maximum Gasteiger partial charge on any atom is 0.573 e. The average Bonchev–Trinajstić information content (AvgIpc) is 3.33. The van der Waals surface area contributed by atoms with E-state index in [0.717, 1.165) is 36.3 Å². The van der Waals surface area contributed by atoms with Crippen LogP contribution in [0.1, 0.15) is 50.2 Å². The van der Waals surface area contributed by atoms with Crippen LogP contribution in [-0.2, 0) is 10.9 Å².